The lowest BCUT2D eigenvalue weighted by Gasteiger charge is -2.35. The molecule has 2 aromatic carbocycles. The van der Waals surface area contributed by atoms with Gasteiger partial charge in [-0.1, -0.05) is 18.2 Å². The molecule has 0 spiro atoms. The number of nitroso groups, excluding NO2 is 1. The van der Waals surface area contributed by atoms with Crippen LogP contribution in [0.5, 0.6) is 0 Å². The van der Waals surface area contributed by atoms with E-state index in [4.69, 9.17) is 0 Å². The van der Waals surface area contributed by atoms with Gasteiger partial charge in [-0.15, -0.1) is 0 Å². The molecule has 0 aromatic heterocycles. The first-order valence-electron chi connectivity index (χ1n) is 6.89. The monoisotopic (exact) mass is 319 g/mol. The van der Waals surface area contributed by atoms with Crippen molar-refractivity contribution in [1.29, 1.82) is 0 Å². The predicted molar refractivity (Wildman–Crippen MR) is 78.0 cm³/mol. The SMILES string of the molecule is O=[N+]1C2=Cc3cc(C(F)(F)F)ccc3C[N+]2([O-])c2ccccc21. The zero-order valence-corrected chi connectivity index (χ0v) is 11.7. The zero-order valence-electron chi connectivity index (χ0n) is 11.7. The third-order valence-electron chi connectivity index (χ3n) is 4.22. The van der Waals surface area contributed by atoms with Gasteiger partial charge in [0.05, 0.1) is 11.6 Å². The zero-order chi connectivity index (χ0) is 16.4. The Morgan fingerprint density at radius 2 is 1.87 bits per heavy atom. The minimum atomic E-state index is -4.47. The maximum Gasteiger partial charge on any atom is 0.429 e. The molecule has 0 fully saturated rings. The van der Waals surface area contributed by atoms with E-state index in [-0.39, 0.29) is 23.6 Å². The van der Waals surface area contributed by atoms with E-state index in [2.05, 4.69) is 0 Å². The number of halogens is 3. The van der Waals surface area contributed by atoms with E-state index >= 15 is 0 Å². The summed E-state index contributed by atoms with van der Waals surface area (Å²) in [6.07, 6.45) is -3.21. The molecule has 0 aliphatic carbocycles. The lowest BCUT2D eigenvalue weighted by molar-refractivity contribution is -0.410. The van der Waals surface area contributed by atoms with E-state index in [1.54, 1.807) is 18.2 Å². The molecular weight excluding hydrogens is 309 g/mol. The minimum absolute atomic E-state index is 0.102. The highest BCUT2D eigenvalue weighted by atomic mass is 19.4. The molecule has 2 aliphatic rings. The van der Waals surface area contributed by atoms with Crippen LogP contribution in [0.25, 0.3) is 6.08 Å². The van der Waals surface area contributed by atoms with Gasteiger partial charge in [-0.3, -0.25) is 0 Å². The van der Waals surface area contributed by atoms with Gasteiger partial charge in [0.15, 0.2) is 0 Å². The summed E-state index contributed by atoms with van der Waals surface area (Å²) in [6.45, 7) is -0.102. The van der Waals surface area contributed by atoms with Crippen molar-refractivity contribution in [3.63, 3.8) is 0 Å². The molecule has 4 nitrogen and oxygen atoms in total. The number of hydrogen-bond acceptors (Lipinski definition) is 2. The van der Waals surface area contributed by atoms with Crippen LogP contribution in [0.2, 0.25) is 0 Å². The van der Waals surface area contributed by atoms with Crippen molar-refractivity contribution in [3.05, 3.63) is 75.1 Å². The molecule has 0 saturated carbocycles. The van der Waals surface area contributed by atoms with Crippen molar-refractivity contribution in [3.8, 4) is 0 Å². The van der Waals surface area contributed by atoms with E-state index in [1.165, 1.54) is 18.2 Å². The molecule has 0 N–H and O–H groups in total. The van der Waals surface area contributed by atoms with Gasteiger partial charge in [-0.05, 0) is 17.7 Å². The third kappa shape index (κ3) is 1.87. The molecule has 0 saturated heterocycles. The number of hydrogen-bond donors (Lipinski definition) is 0. The molecule has 2 aromatic rings. The van der Waals surface area contributed by atoms with Crippen molar-refractivity contribution in [1.82, 2.24) is 4.65 Å². The van der Waals surface area contributed by atoms with Crippen molar-refractivity contribution >= 4 is 17.5 Å². The van der Waals surface area contributed by atoms with E-state index in [0.29, 0.717) is 16.0 Å². The van der Waals surface area contributed by atoms with Gasteiger partial charge in [0.2, 0.25) is 5.69 Å². The van der Waals surface area contributed by atoms with Gasteiger partial charge in [-0.2, -0.15) is 13.2 Å². The number of hydroxylamine groups is 2. The molecule has 7 heteroatoms. The minimum Gasteiger partial charge on any atom is -0.617 e. The summed E-state index contributed by atoms with van der Waals surface area (Å²) in [5.41, 5.74) is 0.485. The molecule has 1 atom stereocenters. The highest BCUT2D eigenvalue weighted by molar-refractivity contribution is 5.73. The van der Waals surface area contributed by atoms with Crippen LogP contribution in [-0.4, -0.2) is 4.76 Å². The van der Waals surface area contributed by atoms with E-state index in [1.807, 2.05) is 0 Å². The first-order chi connectivity index (χ1) is 10.8. The number of alkyl halides is 3. The van der Waals surface area contributed by atoms with Gasteiger partial charge < -0.3 is 5.21 Å². The van der Waals surface area contributed by atoms with Crippen molar-refractivity contribution in [2.45, 2.75) is 12.7 Å². The molecule has 23 heavy (non-hydrogen) atoms. The summed E-state index contributed by atoms with van der Waals surface area (Å²) < 4.78 is 38.0. The van der Waals surface area contributed by atoms with Crippen molar-refractivity contribution in [2.75, 3.05) is 0 Å². The standard InChI is InChI=1S/C16H10F3N2O2/c17-16(18,19)12-6-5-10-9-21(23)14-4-2-1-3-13(14)20(22)15(21)8-11(10)7-12/h1-8H,9H2/q+1. The van der Waals surface area contributed by atoms with Crippen molar-refractivity contribution < 1.29 is 17.9 Å². The first kappa shape index (κ1) is 14.1. The van der Waals surface area contributed by atoms with E-state index < -0.39 is 16.4 Å². The van der Waals surface area contributed by atoms with E-state index in [0.717, 1.165) is 12.1 Å². The molecular formula is C16H10F3N2O2+. The normalized spacial score (nSPS) is 22.3. The second kappa shape index (κ2) is 4.27. The maximum absolute atomic E-state index is 13.2. The second-order valence-corrected chi connectivity index (χ2v) is 5.59. The van der Waals surface area contributed by atoms with Gasteiger partial charge >= 0.3 is 17.7 Å². The molecule has 4 rings (SSSR count). The molecule has 116 valence electrons. The molecule has 0 bridgehead atoms. The predicted octanol–water partition coefficient (Wildman–Crippen LogP) is 4.45. The van der Waals surface area contributed by atoms with Gasteiger partial charge in [0.25, 0.3) is 0 Å². The topological polar surface area (TPSA) is 43.1 Å². The van der Waals surface area contributed by atoms with Crippen LogP contribution >= 0.6 is 0 Å². The summed E-state index contributed by atoms with van der Waals surface area (Å²) in [5.74, 6) is -0.113. The largest absolute Gasteiger partial charge is 0.617 e. The Labute approximate surface area is 128 Å². The van der Waals surface area contributed by atoms with Crippen LogP contribution in [0.4, 0.5) is 24.5 Å². The number of benzene rings is 2. The fourth-order valence-electron chi connectivity index (χ4n) is 3.09. The summed E-state index contributed by atoms with van der Waals surface area (Å²) >= 11 is 0. The van der Waals surface area contributed by atoms with Gasteiger partial charge in [0.1, 0.15) is 11.3 Å². The average molecular weight is 319 g/mol. The summed E-state index contributed by atoms with van der Waals surface area (Å²) in [6, 6.07) is 9.65. The smallest absolute Gasteiger partial charge is 0.429 e. The Kier molecular flexibility index (Phi) is 2.62. The lowest BCUT2D eigenvalue weighted by Crippen LogP contribution is -2.41. The van der Waals surface area contributed by atoms with Crippen LogP contribution in [0.3, 0.4) is 0 Å². The van der Waals surface area contributed by atoms with Crippen LogP contribution in [0.15, 0.2) is 48.3 Å². The number of rotatable bonds is 0. The highest BCUT2D eigenvalue weighted by Gasteiger charge is 2.54. The van der Waals surface area contributed by atoms with Crippen LogP contribution in [0, 0.1) is 10.1 Å². The Hall–Kier alpha value is -2.51. The Bertz CT molecular complexity index is 889. The third-order valence-corrected chi connectivity index (χ3v) is 4.22. The fraction of sp³-hybridized carbons (Fsp3) is 0.125. The first-order valence-corrected chi connectivity index (χ1v) is 6.89. The highest BCUT2D eigenvalue weighted by Crippen LogP contribution is 2.49. The van der Waals surface area contributed by atoms with Gasteiger partial charge in [0, 0.05) is 22.6 Å². The Morgan fingerprint density at radius 3 is 2.61 bits per heavy atom. The average Bonchev–Trinajstić information content (AvgIpc) is 2.72. The van der Waals surface area contributed by atoms with Crippen LogP contribution in [-0.2, 0) is 12.7 Å². The van der Waals surface area contributed by atoms with Crippen LogP contribution < -0.4 is 4.65 Å². The van der Waals surface area contributed by atoms with E-state index in [9.17, 15) is 23.3 Å². The number of para-hydroxylation sites is 2. The number of quaternary nitrogens is 1. The fourth-order valence-corrected chi connectivity index (χ4v) is 3.09. The second-order valence-electron chi connectivity index (χ2n) is 5.59. The molecule has 0 amide bonds. The molecule has 0 radical (unpaired) electrons. The summed E-state index contributed by atoms with van der Waals surface area (Å²) in [5, 5.41) is 13.2. The van der Waals surface area contributed by atoms with Gasteiger partial charge in [-0.25, -0.2) is 4.65 Å². The van der Waals surface area contributed by atoms with Crippen molar-refractivity contribution in [2.24, 2.45) is 0 Å². The Balaban J connectivity index is 1.91. The quantitative estimate of drug-likeness (QED) is 0.409. The van der Waals surface area contributed by atoms with Crippen LogP contribution in [0.1, 0.15) is 16.7 Å². The summed E-state index contributed by atoms with van der Waals surface area (Å²) in [7, 11) is 0. The lowest BCUT2D eigenvalue weighted by atomic mass is 9.99. The number of nitrogens with zero attached hydrogens (tertiary/aromatic N) is 2. The Morgan fingerprint density at radius 1 is 1.13 bits per heavy atom. The molecule has 1 unspecified atom stereocenters. The molecule has 2 heterocycles. The maximum atomic E-state index is 13.2. The summed E-state index contributed by atoms with van der Waals surface area (Å²) in [4.78, 5) is 12.3. The number of fused-ring (bicyclic) bond motifs is 4. The molecule has 2 aliphatic heterocycles.